The van der Waals surface area contributed by atoms with E-state index in [1.807, 2.05) is 25.1 Å². The molecule has 0 atom stereocenters. The largest absolute Gasteiger partial charge is 0.474 e. The van der Waals surface area contributed by atoms with Crippen molar-refractivity contribution < 1.29 is 9.13 Å². The van der Waals surface area contributed by atoms with Crippen molar-refractivity contribution in [2.24, 2.45) is 0 Å². The molecule has 3 aromatic rings. The maximum atomic E-state index is 14.5. The molecule has 0 bridgehead atoms. The summed E-state index contributed by atoms with van der Waals surface area (Å²) in [6, 6.07) is 10.3. The molecule has 27 heavy (non-hydrogen) atoms. The van der Waals surface area contributed by atoms with Crippen molar-refractivity contribution in [3.05, 3.63) is 65.1 Å². The molecule has 0 unspecified atom stereocenters. The second kappa shape index (κ2) is 7.64. The Balaban J connectivity index is 1.51. The number of pyridine rings is 1. The summed E-state index contributed by atoms with van der Waals surface area (Å²) in [5.74, 6) is 1.95. The van der Waals surface area contributed by atoms with E-state index < -0.39 is 0 Å². The molecule has 0 aliphatic heterocycles. The van der Waals surface area contributed by atoms with Crippen molar-refractivity contribution in [3.63, 3.8) is 0 Å². The lowest BCUT2D eigenvalue weighted by Gasteiger charge is -2.28. The van der Waals surface area contributed by atoms with Crippen molar-refractivity contribution in [1.29, 1.82) is 0 Å². The minimum absolute atomic E-state index is 0.140. The molecular formula is C20H20ClFN4O. The van der Waals surface area contributed by atoms with Gasteiger partial charge >= 0.3 is 0 Å². The van der Waals surface area contributed by atoms with Gasteiger partial charge in [0, 0.05) is 23.2 Å². The van der Waals surface area contributed by atoms with Gasteiger partial charge in [-0.05, 0) is 56.9 Å². The number of halogens is 2. The summed E-state index contributed by atoms with van der Waals surface area (Å²) in [4.78, 5) is 4.22. The van der Waals surface area contributed by atoms with Gasteiger partial charge in [0.1, 0.15) is 23.6 Å². The van der Waals surface area contributed by atoms with E-state index >= 15 is 0 Å². The Hall–Kier alpha value is -2.47. The molecule has 1 fully saturated rings. The summed E-state index contributed by atoms with van der Waals surface area (Å²) < 4.78 is 22.2. The number of hydrogen-bond acceptors (Lipinski definition) is 4. The van der Waals surface area contributed by atoms with Crippen LogP contribution >= 0.6 is 11.6 Å². The van der Waals surface area contributed by atoms with Gasteiger partial charge in [-0.25, -0.2) is 9.37 Å². The lowest BCUT2D eigenvalue weighted by molar-refractivity contribution is 0.139. The van der Waals surface area contributed by atoms with Crippen LogP contribution in [0.3, 0.4) is 0 Å². The monoisotopic (exact) mass is 386 g/mol. The number of ether oxygens (including phenoxy) is 1. The van der Waals surface area contributed by atoms with Crippen LogP contribution in [0.2, 0.25) is 5.02 Å². The molecule has 7 heteroatoms. The van der Waals surface area contributed by atoms with Crippen LogP contribution in [0.15, 0.2) is 42.6 Å². The van der Waals surface area contributed by atoms with Gasteiger partial charge in [0.15, 0.2) is 0 Å². The zero-order valence-electron chi connectivity index (χ0n) is 15.0. The lowest BCUT2D eigenvalue weighted by atomic mass is 9.86. The molecule has 1 saturated carbocycles. The van der Waals surface area contributed by atoms with E-state index in [-0.39, 0.29) is 17.8 Å². The third kappa shape index (κ3) is 3.81. The number of benzene rings is 1. The van der Waals surface area contributed by atoms with E-state index in [1.54, 1.807) is 22.9 Å². The van der Waals surface area contributed by atoms with Crippen LogP contribution in [-0.2, 0) is 0 Å². The first-order valence-corrected chi connectivity index (χ1v) is 9.44. The molecule has 2 heterocycles. The van der Waals surface area contributed by atoms with E-state index in [0.717, 1.165) is 31.5 Å². The number of aromatic nitrogens is 4. The second-order valence-electron chi connectivity index (χ2n) is 6.80. The highest BCUT2D eigenvalue weighted by Gasteiger charge is 2.28. The highest BCUT2D eigenvalue weighted by molar-refractivity contribution is 6.30. The average molecular weight is 387 g/mol. The smallest absolute Gasteiger partial charge is 0.213 e. The molecule has 5 nitrogen and oxygen atoms in total. The van der Waals surface area contributed by atoms with Gasteiger partial charge in [0.2, 0.25) is 5.88 Å². The van der Waals surface area contributed by atoms with Crippen LogP contribution in [0, 0.1) is 12.7 Å². The standard InChI is InChI=1S/C20H20ClFN4O/c1-13-24-25-20(26(13)18-10-7-15(21)12-17(18)22)14-5-8-16(9-6-14)27-19-4-2-3-11-23-19/h2-4,7,10-12,14,16H,5-6,8-9H2,1H3. The van der Waals surface area contributed by atoms with Gasteiger partial charge in [-0.1, -0.05) is 17.7 Å². The van der Waals surface area contributed by atoms with E-state index in [1.165, 1.54) is 6.07 Å². The minimum Gasteiger partial charge on any atom is -0.474 e. The Bertz CT molecular complexity index is 923. The Morgan fingerprint density at radius 1 is 1.11 bits per heavy atom. The number of rotatable bonds is 4. The fourth-order valence-electron chi connectivity index (χ4n) is 3.63. The average Bonchev–Trinajstić information content (AvgIpc) is 3.05. The molecule has 140 valence electrons. The molecule has 0 saturated heterocycles. The van der Waals surface area contributed by atoms with Crippen LogP contribution in [0.4, 0.5) is 4.39 Å². The molecule has 1 aromatic carbocycles. The predicted octanol–water partition coefficient (Wildman–Crippen LogP) is 4.87. The Morgan fingerprint density at radius 3 is 2.63 bits per heavy atom. The molecule has 0 spiro atoms. The molecule has 4 rings (SSSR count). The molecule has 1 aliphatic carbocycles. The normalized spacial score (nSPS) is 19.8. The van der Waals surface area contributed by atoms with Crippen molar-refractivity contribution >= 4 is 11.6 Å². The summed E-state index contributed by atoms with van der Waals surface area (Å²) in [7, 11) is 0. The first-order chi connectivity index (χ1) is 13.1. The number of aryl methyl sites for hydroxylation is 1. The zero-order chi connectivity index (χ0) is 18.8. The summed E-state index contributed by atoms with van der Waals surface area (Å²) >= 11 is 5.89. The van der Waals surface area contributed by atoms with E-state index in [4.69, 9.17) is 16.3 Å². The van der Waals surface area contributed by atoms with Crippen molar-refractivity contribution in [2.75, 3.05) is 0 Å². The van der Waals surface area contributed by atoms with Crippen LogP contribution in [0.1, 0.15) is 43.3 Å². The predicted molar refractivity (Wildman–Crippen MR) is 101 cm³/mol. The van der Waals surface area contributed by atoms with E-state index in [2.05, 4.69) is 15.2 Å². The maximum Gasteiger partial charge on any atom is 0.213 e. The number of nitrogens with zero attached hydrogens (tertiary/aromatic N) is 4. The van der Waals surface area contributed by atoms with Gasteiger partial charge in [-0.15, -0.1) is 10.2 Å². The molecular weight excluding hydrogens is 367 g/mol. The first kappa shape index (κ1) is 17.9. The second-order valence-corrected chi connectivity index (χ2v) is 7.23. The minimum atomic E-state index is -0.376. The van der Waals surface area contributed by atoms with Crippen LogP contribution in [0.5, 0.6) is 5.88 Å². The van der Waals surface area contributed by atoms with Crippen molar-refractivity contribution in [1.82, 2.24) is 19.7 Å². The fourth-order valence-corrected chi connectivity index (χ4v) is 3.79. The van der Waals surface area contributed by atoms with Gasteiger partial charge in [-0.2, -0.15) is 0 Å². The topological polar surface area (TPSA) is 52.8 Å². The maximum absolute atomic E-state index is 14.5. The Labute approximate surface area is 162 Å². The summed E-state index contributed by atoms with van der Waals surface area (Å²) in [5.41, 5.74) is 0.434. The van der Waals surface area contributed by atoms with Gasteiger partial charge in [0.05, 0.1) is 5.69 Å². The molecule has 0 N–H and O–H groups in total. The third-order valence-corrected chi connectivity index (χ3v) is 5.20. The highest BCUT2D eigenvalue weighted by Crippen LogP contribution is 2.35. The van der Waals surface area contributed by atoms with Crippen molar-refractivity contribution in [3.8, 4) is 11.6 Å². The van der Waals surface area contributed by atoms with Crippen LogP contribution < -0.4 is 4.74 Å². The molecule has 2 aromatic heterocycles. The lowest BCUT2D eigenvalue weighted by Crippen LogP contribution is -2.25. The zero-order valence-corrected chi connectivity index (χ0v) is 15.7. The van der Waals surface area contributed by atoms with Gasteiger partial charge in [-0.3, -0.25) is 4.57 Å². The SMILES string of the molecule is Cc1nnc(C2CCC(Oc3ccccn3)CC2)n1-c1ccc(Cl)cc1F. The third-order valence-electron chi connectivity index (χ3n) is 4.97. The van der Waals surface area contributed by atoms with E-state index in [0.29, 0.717) is 22.4 Å². The van der Waals surface area contributed by atoms with Crippen molar-refractivity contribution in [2.45, 2.75) is 44.6 Å². The summed E-state index contributed by atoms with van der Waals surface area (Å²) in [6.07, 6.45) is 5.48. The fraction of sp³-hybridized carbons (Fsp3) is 0.350. The molecule has 0 radical (unpaired) electrons. The molecule has 0 amide bonds. The van der Waals surface area contributed by atoms with E-state index in [9.17, 15) is 4.39 Å². The first-order valence-electron chi connectivity index (χ1n) is 9.07. The molecule has 1 aliphatic rings. The van der Waals surface area contributed by atoms with Gasteiger partial charge in [0.25, 0.3) is 0 Å². The highest BCUT2D eigenvalue weighted by atomic mass is 35.5. The van der Waals surface area contributed by atoms with Crippen LogP contribution in [0.25, 0.3) is 5.69 Å². The van der Waals surface area contributed by atoms with Crippen LogP contribution in [-0.4, -0.2) is 25.9 Å². The Morgan fingerprint density at radius 2 is 1.93 bits per heavy atom. The quantitative estimate of drug-likeness (QED) is 0.642. The number of hydrogen-bond donors (Lipinski definition) is 0. The summed E-state index contributed by atoms with van der Waals surface area (Å²) in [6.45, 7) is 1.83. The summed E-state index contributed by atoms with van der Waals surface area (Å²) in [5, 5.41) is 8.91. The Kier molecular flexibility index (Phi) is 5.07. The van der Waals surface area contributed by atoms with Gasteiger partial charge < -0.3 is 4.74 Å².